The van der Waals surface area contributed by atoms with Crippen molar-refractivity contribution in [2.75, 3.05) is 18.5 Å². The lowest BCUT2D eigenvalue weighted by Crippen LogP contribution is -2.47. The molecule has 2 aliphatic heterocycles. The molecule has 0 spiro atoms. The van der Waals surface area contributed by atoms with E-state index in [0.29, 0.717) is 12.6 Å². The summed E-state index contributed by atoms with van der Waals surface area (Å²) in [6, 6.07) is 7.87. The molecule has 1 amide bonds. The second kappa shape index (κ2) is 7.79. The summed E-state index contributed by atoms with van der Waals surface area (Å²) in [7, 11) is 0. The number of nitrogens with one attached hydrogen (secondary N) is 2. The van der Waals surface area contributed by atoms with Crippen LogP contribution in [0.5, 0.6) is 5.75 Å². The fraction of sp³-hybridized carbons (Fsp3) is 0.611. The molecule has 5 nitrogen and oxygen atoms in total. The van der Waals surface area contributed by atoms with Crippen molar-refractivity contribution >= 4 is 11.6 Å². The second-order valence-electron chi connectivity index (χ2n) is 6.51. The van der Waals surface area contributed by atoms with Crippen molar-refractivity contribution < 1.29 is 14.3 Å². The van der Waals surface area contributed by atoms with Crippen molar-refractivity contribution in [3.63, 3.8) is 0 Å². The highest BCUT2D eigenvalue weighted by molar-refractivity contribution is 5.94. The summed E-state index contributed by atoms with van der Waals surface area (Å²) in [4.78, 5) is 12.3. The molecule has 126 valence electrons. The first-order chi connectivity index (χ1) is 11.2. The highest BCUT2D eigenvalue weighted by Gasteiger charge is 2.24. The third-order valence-electron chi connectivity index (χ3n) is 4.51. The minimum absolute atomic E-state index is 0.0459. The number of carbonyl (C=O) groups is 1. The fourth-order valence-corrected chi connectivity index (χ4v) is 3.17. The van der Waals surface area contributed by atoms with Crippen LogP contribution in [0.15, 0.2) is 24.3 Å². The van der Waals surface area contributed by atoms with E-state index in [1.807, 2.05) is 24.3 Å². The molecule has 2 fully saturated rings. The number of anilines is 1. The number of benzene rings is 1. The molecule has 3 unspecified atom stereocenters. The first-order valence-electron chi connectivity index (χ1n) is 8.62. The Hall–Kier alpha value is -1.59. The lowest BCUT2D eigenvalue weighted by molar-refractivity contribution is -0.118. The maximum Gasteiger partial charge on any atom is 0.241 e. The van der Waals surface area contributed by atoms with E-state index < -0.39 is 0 Å². The fourth-order valence-electron chi connectivity index (χ4n) is 3.17. The average Bonchev–Trinajstić information content (AvgIpc) is 3.08. The van der Waals surface area contributed by atoms with Gasteiger partial charge < -0.3 is 20.1 Å². The van der Waals surface area contributed by atoms with Crippen molar-refractivity contribution in [3.05, 3.63) is 24.3 Å². The molecule has 3 atom stereocenters. The van der Waals surface area contributed by atoms with Crippen LogP contribution >= 0.6 is 0 Å². The summed E-state index contributed by atoms with van der Waals surface area (Å²) in [5.41, 5.74) is 0.805. The van der Waals surface area contributed by atoms with Gasteiger partial charge in [0, 0.05) is 18.3 Å². The van der Waals surface area contributed by atoms with Gasteiger partial charge in [-0.05, 0) is 63.3 Å². The first kappa shape index (κ1) is 16.3. The topological polar surface area (TPSA) is 59.6 Å². The zero-order valence-electron chi connectivity index (χ0n) is 13.7. The van der Waals surface area contributed by atoms with Crippen LogP contribution in [0.2, 0.25) is 0 Å². The van der Waals surface area contributed by atoms with Gasteiger partial charge in [0.05, 0.1) is 12.1 Å². The molecule has 0 aliphatic carbocycles. The third-order valence-corrected chi connectivity index (χ3v) is 4.51. The molecule has 0 aromatic heterocycles. The van der Waals surface area contributed by atoms with E-state index in [-0.39, 0.29) is 18.1 Å². The van der Waals surface area contributed by atoms with Gasteiger partial charge in [0.15, 0.2) is 0 Å². The van der Waals surface area contributed by atoms with Crippen LogP contribution in [0.3, 0.4) is 0 Å². The first-order valence-corrected chi connectivity index (χ1v) is 8.62. The molecular formula is C18H26N2O3. The maximum absolute atomic E-state index is 12.3. The number of piperidine rings is 1. The quantitative estimate of drug-likeness (QED) is 0.876. The zero-order valence-corrected chi connectivity index (χ0v) is 13.7. The molecule has 3 rings (SSSR count). The number of rotatable bonds is 5. The monoisotopic (exact) mass is 318 g/mol. The van der Waals surface area contributed by atoms with Gasteiger partial charge >= 0.3 is 0 Å². The van der Waals surface area contributed by atoms with Gasteiger partial charge in [-0.25, -0.2) is 0 Å². The third kappa shape index (κ3) is 4.69. The second-order valence-corrected chi connectivity index (χ2v) is 6.51. The number of carbonyl (C=O) groups excluding carboxylic acids is 1. The predicted octanol–water partition coefficient (Wildman–Crippen LogP) is 2.71. The van der Waals surface area contributed by atoms with Crippen molar-refractivity contribution in [2.45, 2.75) is 57.2 Å². The normalized spacial score (nSPS) is 27.6. The Morgan fingerprint density at radius 1 is 1.26 bits per heavy atom. The Labute approximate surface area is 137 Å². The van der Waals surface area contributed by atoms with Gasteiger partial charge in [-0.2, -0.15) is 0 Å². The lowest BCUT2D eigenvalue weighted by Gasteiger charge is -2.27. The SMILES string of the molecule is CC1CCCC(C(=O)Nc2ccc(OCC3CCCO3)cc2)N1. The van der Waals surface area contributed by atoms with E-state index in [2.05, 4.69) is 17.6 Å². The minimum Gasteiger partial charge on any atom is -0.491 e. The van der Waals surface area contributed by atoms with E-state index >= 15 is 0 Å². The summed E-state index contributed by atoms with van der Waals surface area (Å²) < 4.78 is 11.3. The Balaban J connectivity index is 1.47. The molecule has 2 aliphatic rings. The van der Waals surface area contributed by atoms with Gasteiger partial charge in [0.1, 0.15) is 12.4 Å². The van der Waals surface area contributed by atoms with Gasteiger partial charge in [-0.15, -0.1) is 0 Å². The molecule has 1 aromatic rings. The van der Waals surface area contributed by atoms with Crippen LogP contribution in [0, 0.1) is 0 Å². The molecule has 0 radical (unpaired) electrons. The molecule has 5 heteroatoms. The van der Waals surface area contributed by atoms with Gasteiger partial charge in [0.25, 0.3) is 0 Å². The standard InChI is InChI=1S/C18H26N2O3/c1-13-4-2-6-17(19-13)18(21)20-14-7-9-15(10-8-14)23-12-16-5-3-11-22-16/h7-10,13,16-17,19H,2-6,11-12H2,1H3,(H,20,21). The van der Waals surface area contributed by atoms with E-state index in [1.165, 1.54) is 0 Å². The summed E-state index contributed by atoms with van der Waals surface area (Å²) in [6.45, 7) is 3.56. The molecular weight excluding hydrogens is 292 g/mol. The van der Waals surface area contributed by atoms with E-state index in [0.717, 1.165) is 50.1 Å². The van der Waals surface area contributed by atoms with Crippen molar-refractivity contribution in [3.8, 4) is 5.75 Å². The van der Waals surface area contributed by atoms with Gasteiger partial charge in [0.2, 0.25) is 5.91 Å². The Morgan fingerprint density at radius 2 is 2.09 bits per heavy atom. The van der Waals surface area contributed by atoms with Crippen LogP contribution in [-0.2, 0) is 9.53 Å². The highest BCUT2D eigenvalue weighted by atomic mass is 16.5. The summed E-state index contributed by atoms with van der Waals surface area (Å²) in [5.74, 6) is 0.854. The molecule has 0 saturated carbocycles. The molecule has 2 saturated heterocycles. The minimum atomic E-state index is -0.0887. The Kier molecular flexibility index (Phi) is 5.51. The van der Waals surface area contributed by atoms with Gasteiger partial charge in [-0.1, -0.05) is 0 Å². The maximum atomic E-state index is 12.3. The number of hydrogen-bond donors (Lipinski definition) is 2. The lowest BCUT2D eigenvalue weighted by atomic mass is 9.99. The Morgan fingerprint density at radius 3 is 2.78 bits per heavy atom. The van der Waals surface area contributed by atoms with Crippen LogP contribution in [-0.4, -0.2) is 37.3 Å². The number of ether oxygens (including phenoxy) is 2. The van der Waals surface area contributed by atoms with E-state index in [9.17, 15) is 4.79 Å². The van der Waals surface area contributed by atoms with Crippen LogP contribution < -0.4 is 15.4 Å². The van der Waals surface area contributed by atoms with Crippen LogP contribution in [0.4, 0.5) is 5.69 Å². The zero-order chi connectivity index (χ0) is 16.1. The van der Waals surface area contributed by atoms with Crippen molar-refractivity contribution in [1.82, 2.24) is 5.32 Å². The largest absolute Gasteiger partial charge is 0.491 e. The number of hydrogen-bond acceptors (Lipinski definition) is 4. The predicted molar refractivity (Wildman–Crippen MR) is 89.8 cm³/mol. The Bertz CT molecular complexity index is 512. The summed E-state index contributed by atoms with van der Waals surface area (Å²) in [6.07, 6.45) is 5.55. The molecule has 2 N–H and O–H groups in total. The molecule has 1 aromatic carbocycles. The molecule has 23 heavy (non-hydrogen) atoms. The molecule has 0 bridgehead atoms. The smallest absolute Gasteiger partial charge is 0.241 e. The molecule has 2 heterocycles. The summed E-state index contributed by atoms with van der Waals surface area (Å²) >= 11 is 0. The van der Waals surface area contributed by atoms with Gasteiger partial charge in [-0.3, -0.25) is 4.79 Å². The average molecular weight is 318 g/mol. The van der Waals surface area contributed by atoms with Crippen molar-refractivity contribution in [1.29, 1.82) is 0 Å². The van der Waals surface area contributed by atoms with E-state index in [1.54, 1.807) is 0 Å². The van der Waals surface area contributed by atoms with E-state index in [4.69, 9.17) is 9.47 Å². The van der Waals surface area contributed by atoms with Crippen LogP contribution in [0.1, 0.15) is 39.0 Å². The number of amides is 1. The summed E-state index contributed by atoms with van der Waals surface area (Å²) in [5, 5.41) is 6.32. The van der Waals surface area contributed by atoms with Crippen molar-refractivity contribution in [2.24, 2.45) is 0 Å². The van der Waals surface area contributed by atoms with Crippen LogP contribution in [0.25, 0.3) is 0 Å². The highest BCUT2D eigenvalue weighted by Crippen LogP contribution is 2.19.